The van der Waals surface area contributed by atoms with Gasteiger partial charge in [-0.15, -0.1) is 0 Å². The van der Waals surface area contributed by atoms with Gasteiger partial charge in [-0.3, -0.25) is 19.3 Å². The highest BCUT2D eigenvalue weighted by molar-refractivity contribution is 8.18. The predicted molar refractivity (Wildman–Crippen MR) is 131 cm³/mol. The van der Waals surface area contributed by atoms with Crippen LogP contribution in [0.2, 0.25) is 5.02 Å². The first kappa shape index (κ1) is 25.3. The number of hydrogen-bond donors (Lipinski definition) is 1. The van der Waals surface area contributed by atoms with E-state index in [1.165, 1.54) is 18.2 Å². The zero-order valence-electron chi connectivity index (χ0n) is 18.8. The largest absolute Gasteiger partial charge is 0.491 e. The number of nitrogens with zero attached hydrogens (tertiary/aromatic N) is 1. The topological polar surface area (TPSA) is 102 Å². The van der Waals surface area contributed by atoms with Gasteiger partial charge in [0.1, 0.15) is 12.3 Å². The van der Waals surface area contributed by atoms with E-state index in [0.717, 1.165) is 22.2 Å². The third kappa shape index (κ3) is 6.39. The minimum atomic E-state index is -0.622. The summed E-state index contributed by atoms with van der Waals surface area (Å²) in [6.45, 7) is 5.21. The monoisotopic (exact) mass is 502 g/mol. The molecule has 0 spiro atoms. The van der Waals surface area contributed by atoms with Crippen LogP contribution in [-0.2, 0) is 14.3 Å². The predicted octanol–water partition coefficient (Wildman–Crippen LogP) is 4.98. The van der Waals surface area contributed by atoms with Crippen molar-refractivity contribution in [3.8, 4) is 5.75 Å². The van der Waals surface area contributed by atoms with Gasteiger partial charge in [0.05, 0.1) is 28.2 Å². The fourth-order valence-corrected chi connectivity index (χ4v) is 4.05. The van der Waals surface area contributed by atoms with Gasteiger partial charge in [0, 0.05) is 5.69 Å². The summed E-state index contributed by atoms with van der Waals surface area (Å²) in [6, 6.07) is 11.4. The van der Waals surface area contributed by atoms with Crippen molar-refractivity contribution < 1.29 is 28.7 Å². The molecule has 0 aromatic heterocycles. The van der Waals surface area contributed by atoms with Gasteiger partial charge in [-0.1, -0.05) is 23.7 Å². The van der Waals surface area contributed by atoms with E-state index in [-0.39, 0.29) is 33.9 Å². The quantitative estimate of drug-likeness (QED) is 0.401. The van der Waals surface area contributed by atoms with Gasteiger partial charge < -0.3 is 14.8 Å². The van der Waals surface area contributed by atoms with Crippen molar-refractivity contribution in [2.75, 3.05) is 18.5 Å². The highest BCUT2D eigenvalue weighted by Gasteiger charge is 2.36. The third-order valence-corrected chi connectivity index (χ3v) is 5.71. The van der Waals surface area contributed by atoms with Gasteiger partial charge in [0.25, 0.3) is 11.1 Å². The van der Waals surface area contributed by atoms with Gasteiger partial charge in [-0.2, -0.15) is 0 Å². The Morgan fingerprint density at radius 1 is 1.15 bits per heavy atom. The van der Waals surface area contributed by atoms with Gasteiger partial charge in [0.2, 0.25) is 5.91 Å². The average molecular weight is 503 g/mol. The molecule has 2 aromatic rings. The van der Waals surface area contributed by atoms with Crippen molar-refractivity contribution in [2.24, 2.45) is 0 Å². The summed E-state index contributed by atoms with van der Waals surface area (Å²) in [4.78, 5) is 50.6. The van der Waals surface area contributed by atoms with E-state index in [0.29, 0.717) is 5.75 Å². The number of hydrogen-bond acceptors (Lipinski definition) is 7. The van der Waals surface area contributed by atoms with Crippen LogP contribution in [0.5, 0.6) is 5.75 Å². The standard InChI is InChI=1S/C24H23ClN2O6S/c1-4-32-23(30)18-12-16(7-10-19(18)25)26-21(28)13-27-22(29)20(34-24(27)31)11-15-5-8-17(9-6-15)33-14(2)3/h5-12,14H,4,13H2,1-3H3,(H,26,28)/b20-11-. The Kier molecular flexibility index (Phi) is 8.36. The lowest BCUT2D eigenvalue weighted by Crippen LogP contribution is -2.36. The van der Waals surface area contributed by atoms with Crippen LogP contribution >= 0.6 is 23.4 Å². The molecule has 1 fully saturated rings. The van der Waals surface area contributed by atoms with E-state index in [1.54, 1.807) is 37.3 Å². The van der Waals surface area contributed by atoms with E-state index in [9.17, 15) is 19.2 Å². The lowest BCUT2D eigenvalue weighted by atomic mass is 10.2. The van der Waals surface area contributed by atoms with E-state index < -0.39 is 29.6 Å². The molecule has 0 aliphatic carbocycles. The van der Waals surface area contributed by atoms with Gasteiger partial charge >= 0.3 is 5.97 Å². The first-order valence-corrected chi connectivity index (χ1v) is 11.7. The Morgan fingerprint density at radius 3 is 2.50 bits per heavy atom. The Balaban J connectivity index is 1.66. The fourth-order valence-electron chi connectivity index (χ4n) is 3.01. The van der Waals surface area contributed by atoms with Crippen molar-refractivity contribution in [1.82, 2.24) is 4.90 Å². The fraction of sp³-hybridized carbons (Fsp3) is 0.250. The SMILES string of the molecule is CCOC(=O)c1cc(NC(=O)CN2C(=O)S/C(=C\c3ccc(OC(C)C)cc3)C2=O)ccc1Cl. The van der Waals surface area contributed by atoms with Crippen molar-refractivity contribution in [1.29, 1.82) is 0 Å². The molecule has 178 valence electrons. The molecule has 1 aliphatic heterocycles. The van der Waals surface area contributed by atoms with Crippen molar-refractivity contribution in [3.63, 3.8) is 0 Å². The van der Waals surface area contributed by atoms with Crippen molar-refractivity contribution in [3.05, 3.63) is 63.5 Å². The first-order valence-electron chi connectivity index (χ1n) is 10.5. The summed E-state index contributed by atoms with van der Waals surface area (Å²) in [5.41, 5.74) is 1.10. The minimum absolute atomic E-state index is 0.0399. The third-order valence-electron chi connectivity index (χ3n) is 4.47. The number of nitrogens with one attached hydrogen (secondary N) is 1. The molecular weight excluding hydrogens is 480 g/mol. The zero-order valence-corrected chi connectivity index (χ0v) is 20.4. The normalized spacial score (nSPS) is 14.6. The minimum Gasteiger partial charge on any atom is -0.491 e. The average Bonchev–Trinajstić information content (AvgIpc) is 3.03. The van der Waals surface area contributed by atoms with Crippen LogP contribution in [0.1, 0.15) is 36.7 Å². The molecule has 2 aromatic carbocycles. The number of carbonyl (C=O) groups excluding carboxylic acids is 4. The molecule has 0 unspecified atom stereocenters. The van der Waals surface area contributed by atoms with Crippen LogP contribution in [0.3, 0.4) is 0 Å². The number of carbonyl (C=O) groups is 4. The highest BCUT2D eigenvalue weighted by Crippen LogP contribution is 2.32. The number of thioether (sulfide) groups is 1. The van der Waals surface area contributed by atoms with Crippen LogP contribution in [0.4, 0.5) is 10.5 Å². The van der Waals surface area contributed by atoms with Crippen molar-refractivity contribution >= 4 is 58.1 Å². The lowest BCUT2D eigenvalue weighted by molar-refractivity contribution is -0.127. The van der Waals surface area contributed by atoms with Gasteiger partial charge in [-0.05, 0) is 74.5 Å². The number of esters is 1. The van der Waals surface area contributed by atoms with Crippen LogP contribution in [0, 0.1) is 0 Å². The molecule has 3 rings (SSSR count). The number of amides is 3. The number of rotatable bonds is 8. The van der Waals surface area contributed by atoms with E-state index in [4.69, 9.17) is 21.1 Å². The molecule has 1 saturated heterocycles. The Labute approximate surface area is 206 Å². The molecule has 1 N–H and O–H groups in total. The Bertz CT molecular complexity index is 1150. The maximum absolute atomic E-state index is 12.7. The summed E-state index contributed by atoms with van der Waals surface area (Å²) in [6.07, 6.45) is 1.63. The van der Waals surface area contributed by atoms with Gasteiger partial charge in [-0.25, -0.2) is 4.79 Å². The maximum Gasteiger partial charge on any atom is 0.339 e. The lowest BCUT2D eigenvalue weighted by Gasteiger charge is -2.13. The molecule has 3 amide bonds. The summed E-state index contributed by atoms with van der Waals surface area (Å²) in [5.74, 6) is -1.08. The summed E-state index contributed by atoms with van der Waals surface area (Å²) in [7, 11) is 0. The highest BCUT2D eigenvalue weighted by atomic mass is 35.5. The molecule has 10 heteroatoms. The molecule has 0 bridgehead atoms. The molecular formula is C24H23ClN2O6S. The number of benzene rings is 2. The smallest absolute Gasteiger partial charge is 0.339 e. The van der Waals surface area contributed by atoms with Crippen LogP contribution in [-0.4, -0.2) is 47.2 Å². The summed E-state index contributed by atoms with van der Waals surface area (Å²) >= 11 is 6.79. The second-order valence-corrected chi connectivity index (χ2v) is 8.87. The van der Waals surface area contributed by atoms with E-state index >= 15 is 0 Å². The number of ether oxygens (including phenoxy) is 2. The van der Waals surface area contributed by atoms with Crippen LogP contribution < -0.4 is 10.1 Å². The molecule has 0 atom stereocenters. The summed E-state index contributed by atoms with van der Waals surface area (Å²) in [5, 5.41) is 2.20. The Morgan fingerprint density at radius 2 is 1.85 bits per heavy atom. The Hall–Kier alpha value is -3.30. The van der Waals surface area contributed by atoms with E-state index in [2.05, 4.69) is 5.32 Å². The molecule has 8 nitrogen and oxygen atoms in total. The number of halogens is 1. The molecule has 1 aliphatic rings. The van der Waals surface area contributed by atoms with Gasteiger partial charge in [0.15, 0.2) is 0 Å². The first-order chi connectivity index (χ1) is 16.2. The summed E-state index contributed by atoms with van der Waals surface area (Å²) < 4.78 is 10.5. The van der Waals surface area contributed by atoms with Crippen LogP contribution in [0.15, 0.2) is 47.4 Å². The van der Waals surface area contributed by atoms with E-state index in [1.807, 2.05) is 13.8 Å². The molecule has 0 saturated carbocycles. The van der Waals surface area contributed by atoms with Crippen molar-refractivity contribution in [2.45, 2.75) is 26.9 Å². The number of imide groups is 1. The second-order valence-electron chi connectivity index (χ2n) is 7.47. The number of anilines is 1. The van der Waals surface area contributed by atoms with Crippen LogP contribution in [0.25, 0.3) is 6.08 Å². The zero-order chi connectivity index (χ0) is 24.8. The molecule has 34 heavy (non-hydrogen) atoms. The second kappa shape index (κ2) is 11.2. The maximum atomic E-state index is 12.7. The molecule has 1 heterocycles. The molecule has 0 radical (unpaired) electrons.